The van der Waals surface area contributed by atoms with Gasteiger partial charge in [0.25, 0.3) is 0 Å². The van der Waals surface area contributed by atoms with Crippen molar-refractivity contribution in [2.45, 2.75) is 39.4 Å². The van der Waals surface area contributed by atoms with Crippen molar-refractivity contribution in [2.75, 3.05) is 0 Å². The minimum atomic E-state index is -0.870. The maximum Gasteiger partial charge on any atom is 0.320 e. The first kappa shape index (κ1) is 11.6. The predicted molar refractivity (Wildman–Crippen MR) is 54.3 cm³/mol. The minimum Gasteiger partial charge on any atom is -0.480 e. The predicted octanol–water partition coefficient (Wildman–Crippen LogP) is 0.422. The van der Waals surface area contributed by atoms with Crippen molar-refractivity contribution in [3.63, 3.8) is 0 Å². The standard InChI is InChI=1S/C9H16N4O2/c1-6(2)13-8(11-5-12-13)4-10-7(3)9(14)15/h5-7,10H,4H2,1-3H3,(H,14,15). The van der Waals surface area contributed by atoms with Crippen LogP contribution < -0.4 is 5.32 Å². The molecule has 0 aliphatic carbocycles. The summed E-state index contributed by atoms with van der Waals surface area (Å²) in [5.41, 5.74) is 0. The fourth-order valence-electron chi connectivity index (χ4n) is 1.16. The molecule has 84 valence electrons. The Morgan fingerprint density at radius 1 is 1.60 bits per heavy atom. The summed E-state index contributed by atoms with van der Waals surface area (Å²) in [4.78, 5) is 14.6. The second kappa shape index (κ2) is 4.88. The first-order chi connectivity index (χ1) is 7.02. The molecule has 0 saturated carbocycles. The number of hydrogen-bond acceptors (Lipinski definition) is 4. The topological polar surface area (TPSA) is 80.0 Å². The molecule has 0 aliphatic heterocycles. The molecule has 1 rings (SSSR count). The molecule has 0 aliphatic rings. The van der Waals surface area contributed by atoms with Gasteiger partial charge in [-0.25, -0.2) is 9.67 Å². The van der Waals surface area contributed by atoms with Crippen molar-refractivity contribution < 1.29 is 9.90 Å². The van der Waals surface area contributed by atoms with Gasteiger partial charge < -0.3 is 5.11 Å². The number of carboxylic acids is 1. The molecule has 1 unspecified atom stereocenters. The lowest BCUT2D eigenvalue weighted by Crippen LogP contribution is -2.34. The highest BCUT2D eigenvalue weighted by molar-refractivity contribution is 5.72. The first-order valence-electron chi connectivity index (χ1n) is 4.87. The summed E-state index contributed by atoms with van der Waals surface area (Å²) < 4.78 is 1.77. The number of aliphatic carboxylic acids is 1. The lowest BCUT2D eigenvalue weighted by atomic mass is 10.3. The third-order valence-electron chi connectivity index (χ3n) is 2.07. The average Bonchev–Trinajstić information content (AvgIpc) is 2.61. The highest BCUT2D eigenvalue weighted by atomic mass is 16.4. The molecule has 1 aromatic heterocycles. The van der Waals surface area contributed by atoms with Crippen molar-refractivity contribution in [3.8, 4) is 0 Å². The molecular weight excluding hydrogens is 196 g/mol. The highest BCUT2D eigenvalue weighted by Crippen LogP contribution is 2.04. The van der Waals surface area contributed by atoms with Gasteiger partial charge in [0.05, 0.1) is 6.54 Å². The Balaban J connectivity index is 2.57. The van der Waals surface area contributed by atoms with E-state index < -0.39 is 12.0 Å². The monoisotopic (exact) mass is 212 g/mol. The van der Waals surface area contributed by atoms with E-state index in [-0.39, 0.29) is 6.04 Å². The van der Waals surface area contributed by atoms with Gasteiger partial charge in [0.15, 0.2) is 0 Å². The molecule has 0 fully saturated rings. The van der Waals surface area contributed by atoms with Crippen LogP contribution in [0.2, 0.25) is 0 Å². The summed E-state index contributed by atoms with van der Waals surface area (Å²) in [7, 11) is 0. The van der Waals surface area contributed by atoms with Gasteiger partial charge in [-0.15, -0.1) is 0 Å². The largest absolute Gasteiger partial charge is 0.480 e. The van der Waals surface area contributed by atoms with E-state index in [9.17, 15) is 4.79 Å². The van der Waals surface area contributed by atoms with Gasteiger partial charge in [-0.2, -0.15) is 5.10 Å². The Hall–Kier alpha value is -1.43. The van der Waals surface area contributed by atoms with Crippen LogP contribution >= 0.6 is 0 Å². The summed E-state index contributed by atoms with van der Waals surface area (Å²) >= 11 is 0. The Morgan fingerprint density at radius 2 is 2.27 bits per heavy atom. The van der Waals surface area contributed by atoms with Crippen LogP contribution in [-0.4, -0.2) is 31.9 Å². The molecule has 6 heteroatoms. The molecule has 6 nitrogen and oxygen atoms in total. The SMILES string of the molecule is CC(NCc1ncnn1C(C)C)C(=O)O. The Labute approximate surface area is 88.3 Å². The van der Waals surface area contributed by atoms with Crippen LogP contribution in [0, 0.1) is 0 Å². The van der Waals surface area contributed by atoms with Crippen LogP contribution in [0.15, 0.2) is 6.33 Å². The van der Waals surface area contributed by atoms with Crippen molar-refractivity contribution in [1.29, 1.82) is 0 Å². The molecule has 0 spiro atoms. The van der Waals surface area contributed by atoms with Crippen molar-refractivity contribution in [3.05, 3.63) is 12.2 Å². The Bertz CT molecular complexity index is 335. The van der Waals surface area contributed by atoms with Gasteiger partial charge in [-0.1, -0.05) is 0 Å². The van der Waals surface area contributed by atoms with E-state index in [2.05, 4.69) is 15.4 Å². The van der Waals surface area contributed by atoms with E-state index in [4.69, 9.17) is 5.11 Å². The van der Waals surface area contributed by atoms with E-state index in [0.717, 1.165) is 5.82 Å². The number of nitrogens with zero attached hydrogens (tertiary/aromatic N) is 3. The molecule has 0 bridgehead atoms. The van der Waals surface area contributed by atoms with Gasteiger partial charge in [0.2, 0.25) is 0 Å². The maximum atomic E-state index is 10.6. The van der Waals surface area contributed by atoms with Gasteiger partial charge >= 0.3 is 5.97 Å². The van der Waals surface area contributed by atoms with E-state index >= 15 is 0 Å². The summed E-state index contributed by atoms with van der Waals surface area (Å²) in [5.74, 6) is -0.122. The van der Waals surface area contributed by atoms with Crippen LogP contribution in [0.4, 0.5) is 0 Å². The molecule has 15 heavy (non-hydrogen) atoms. The summed E-state index contributed by atoms with van der Waals surface area (Å²) in [5, 5.41) is 15.6. The lowest BCUT2D eigenvalue weighted by molar-refractivity contribution is -0.139. The number of rotatable bonds is 5. The van der Waals surface area contributed by atoms with Crippen LogP contribution in [0.3, 0.4) is 0 Å². The molecular formula is C9H16N4O2. The number of carbonyl (C=O) groups is 1. The van der Waals surface area contributed by atoms with Gasteiger partial charge in [0, 0.05) is 6.04 Å². The summed E-state index contributed by atoms with van der Waals surface area (Å²) in [6.45, 7) is 6.00. The van der Waals surface area contributed by atoms with Crippen LogP contribution in [0.5, 0.6) is 0 Å². The summed E-state index contributed by atoms with van der Waals surface area (Å²) in [6.07, 6.45) is 1.47. The fraction of sp³-hybridized carbons (Fsp3) is 0.667. The molecule has 0 amide bonds. The van der Waals surface area contributed by atoms with Crippen molar-refractivity contribution in [2.24, 2.45) is 0 Å². The van der Waals surface area contributed by atoms with Gasteiger partial charge in [-0.05, 0) is 20.8 Å². The zero-order valence-electron chi connectivity index (χ0n) is 9.14. The van der Waals surface area contributed by atoms with E-state index in [0.29, 0.717) is 6.54 Å². The number of hydrogen-bond donors (Lipinski definition) is 2. The third kappa shape index (κ3) is 3.02. The number of carboxylic acid groups (broad SMARTS) is 1. The minimum absolute atomic E-state index is 0.226. The normalized spacial score (nSPS) is 13.1. The van der Waals surface area contributed by atoms with Gasteiger partial charge in [-0.3, -0.25) is 10.1 Å². The van der Waals surface area contributed by atoms with E-state index in [1.54, 1.807) is 11.6 Å². The first-order valence-corrected chi connectivity index (χ1v) is 4.87. The molecule has 2 N–H and O–H groups in total. The smallest absolute Gasteiger partial charge is 0.320 e. The van der Waals surface area contributed by atoms with Crippen LogP contribution in [0.1, 0.15) is 32.6 Å². The molecule has 0 saturated heterocycles. The summed E-state index contributed by atoms with van der Waals surface area (Å²) in [6, 6.07) is -0.355. The Kier molecular flexibility index (Phi) is 3.79. The van der Waals surface area contributed by atoms with E-state index in [1.807, 2.05) is 13.8 Å². The lowest BCUT2D eigenvalue weighted by Gasteiger charge is -2.11. The third-order valence-corrected chi connectivity index (χ3v) is 2.07. The van der Waals surface area contributed by atoms with Crippen molar-refractivity contribution in [1.82, 2.24) is 20.1 Å². The average molecular weight is 212 g/mol. The molecule has 1 atom stereocenters. The number of aromatic nitrogens is 3. The quantitative estimate of drug-likeness (QED) is 0.739. The fourth-order valence-corrected chi connectivity index (χ4v) is 1.16. The van der Waals surface area contributed by atoms with Crippen molar-refractivity contribution >= 4 is 5.97 Å². The van der Waals surface area contributed by atoms with Crippen LogP contribution in [0.25, 0.3) is 0 Å². The van der Waals surface area contributed by atoms with Crippen LogP contribution in [-0.2, 0) is 11.3 Å². The second-order valence-corrected chi connectivity index (χ2v) is 3.66. The molecule has 0 aromatic carbocycles. The molecule has 1 heterocycles. The number of nitrogens with one attached hydrogen (secondary N) is 1. The van der Waals surface area contributed by atoms with Gasteiger partial charge in [0.1, 0.15) is 18.2 Å². The molecule has 1 aromatic rings. The zero-order chi connectivity index (χ0) is 11.4. The highest BCUT2D eigenvalue weighted by Gasteiger charge is 2.12. The van der Waals surface area contributed by atoms with E-state index in [1.165, 1.54) is 6.33 Å². The second-order valence-electron chi connectivity index (χ2n) is 3.66. The molecule has 0 radical (unpaired) electrons. The zero-order valence-corrected chi connectivity index (χ0v) is 9.14. The Morgan fingerprint density at radius 3 is 2.80 bits per heavy atom. The maximum absolute atomic E-state index is 10.6.